The van der Waals surface area contributed by atoms with E-state index in [2.05, 4.69) is 10.1 Å². The van der Waals surface area contributed by atoms with Gasteiger partial charge in [-0.1, -0.05) is 65.8 Å². The number of aliphatic carboxylic acids is 1. The van der Waals surface area contributed by atoms with Crippen molar-refractivity contribution in [1.82, 2.24) is 4.98 Å². The summed E-state index contributed by atoms with van der Waals surface area (Å²) in [5.74, 6) is 1.08. The third-order valence-corrected chi connectivity index (χ3v) is 5.28. The summed E-state index contributed by atoms with van der Waals surface area (Å²) in [6.45, 7) is 2.37. The number of hydrogen-bond acceptors (Lipinski definition) is 6. The van der Waals surface area contributed by atoms with E-state index in [1.807, 2.05) is 91.9 Å². The first kappa shape index (κ1) is 23.8. The molecule has 7 heteroatoms. The molecule has 0 aliphatic carbocycles. The third-order valence-electron chi connectivity index (χ3n) is 5.28. The number of nitrogens with zero attached hydrogens (tertiary/aromatic N) is 2. The molecule has 1 N–H and O–H groups in total. The van der Waals surface area contributed by atoms with Gasteiger partial charge in [0.15, 0.2) is 0 Å². The summed E-state index contributed by atoms with van der Waals surface area (Å²) in [6.07, 6.45) is 0.262. The van der Waals surface area contributed by atoms with Crippen molar-refractivity contribution in [2.75, 3.05) is 0 Å². The number of carboxylic acids is 1. The van der Waals surface area contributed by atoms with Gasteiger partial charge in [0, 0.05) is 12.0 Å². The van der Waals surface area contributed by atoms with Gasteiger partial charge >= 0.3 is 5.97 Å². The fourth-order valence-electron chi connectivity index (χ4n) is 3.43. The highest BCUT2D eigenvalue weighted by Gasteiger charge is 2.12. The molecular formula is C28H26N2O5. The topological polar surface area (TPSA) is 94.2 Å². The Bertz CT molecular complexity index is 1280. The third kappa shape index (κ3) is 6.80. The predicted octanol–water partition coefficient (Wildman–Crippen LogP) is 6.01. The normalized spacial score (nSPS) is 11.3. The second kappa shape index (κ2) is 11.7. The maximum absolute atomic E-state index is 11.0. The second-order valence-electron chi connectivity index (χ2n) is 7.90. The molecule has 1 aromatic heterocycles. The maximum Gasteiger partial charge on any atom is 0.303 e. The van der Waals surface area contributed by atoms with Crippen LogP contribution in [0.4, 0.5) is 0 Å². The fraction of sp³-hybridized carbons (Fsp3) is 0.179. The van der Waals surface area contributed by atoms with Gasteiger partial charge in [0.2, 0.25) is 5.89 Å². The molecule has 0 unspecified atom stereocenters. The fourth-order valence-corrected chi connectivity index (χ4v) is 3.43. The van der Waals surface area contributed by atoms with Crippen molar-refractivity contribution in [3.63, 3.8) is 0 Å². The number of rotatable bonds is 11. The lowest BCUT2D eigenvalue weighted by Crippen LogP contribution is -2.06. The lowest BCUT2D eigenvalue weighted by molar-refractivity contribution is -0.136. The van der Waals surface area contributed by atoms with Gasteiger partial charge in [0.25, 0.3) is 0 Å². The molecule has 0 atom stereocenters. The number of benzene rings is 3. The number of carbonyl (C=O) groups is 1. The lowest BCUT2D eigenvalue weighted by Gasteiger charge is -2.08. The summed E-state index contributed by atoms with van der Waals surface area (Å²) in [7, 11) is 0. The van der Waals surface area contributed by atoms with Crippen LogP contribution >= 0.6 is 0 Å². The Labute approximate surface area is 203 Å². The molecule has 0 aliphatic rings. The molecule has 35 heavy (non-hydrogen) atoms. The summed E-state index contributed by atoms with van der Waals surface area (Å²) < 4.78 is 11.7. The quantitative estimate of drug-likeness (QED) is 0.213. The van der Waals surface area contributed by atoms with Gasteiger partial charge in [0.1, 0.15) is 30.4 Å². The van der Waals surface area contributed by atoms with Gasteiger partial charge in [-0.15, -0.1) is 0 Å². The first-order valence-corrected chi connectivity index (χ1v) is 11.3. The van der Waals surface area contributed by atoms with E-state index in [1.165, 1.54) is 0 Å². The van der Waals surface area contributed by atoms with Crippen LogP contribution in [0.1, 0.15) is 35.4 Å². The van der Waals surface area contributed by atoms with E-state index >= 15 is 0 Å². The van der Waals surface area contributed by atoms with Gasteiger partial charge in [-0.2, -0.15) is 0 Å². The molecule has 0 amide bonds. The molecule has 0 saturated heterocycles. The van der Waals surface area contributed by atoms with Crippen molar-refractivity contribution in [3.8, 4) is 17.2 Å². The Balaban J connectivity index is 1.37. The number of aromatic nitrogens is 1. The molecule has 4 rings (SSSR count). The van der Waals surface area contributed by atoms with Crippen molar-refractivity contribution >= 4 is 11.7 Å². The molecule has 0 fully saturated rings. The van der Waals surface area contributed by atoms with E-state index in [0.29, 0.717) is 23.1 Å². The predicted molar refractivity (Wildman–Crippen MR) is 132 cm³/mol. The van der Waals surface area contributed by atoms with E-state index < -0.39 is 5.97 Å². The minimum absolute atomic E-state index is 0.0200. The van der Waals surface area contributed by atoms with Crippen molar-refractivity contribution in [2.45, 2.75) is 33.0 Å². The van der Waals surface area contributed by atoms with Crippen LogP contribution in [0.3, 0.4) is 0 Å². The molecule has 4 aromatic rings. The molecule has 0 saturated carbocycles. The summed E-state index contributed by atoms with van der Waals surface area (Å²) in [4.78, 5) is 21.1. The summed E-state index contributed by atoms with van der Waals surface area (Å²) in [5, 5.41) is 13.3. The van der Waals surface area contributed by atoms with Crippen molar-refractivity contribution < 1.29 is 23.9 Å². The number of carboxylic acid groups (broad SMARTS) is 1. The van der Waals surface area contributed by atoms with Gasteiger partial charge in [-0.3, -0.25) is 4.79 Å². The Hall–Kier alpha value is -4.39. The van der Waals surface area contributed by atoms with E-state index in [-0.39, 0.29) is 26.1 Å². The Kier molecular flexibility index (Phi) is 7.91. The van der Waals surface area contributed by atoms with Gasteiger partial charge in [-0.25, -0.2) is 4.98 Å². The maximum atomic E-state index is 11.0. The zero-order valence-corrected chi connectivity index (χ0v) is 19.4. The summed E-state index contributed by atoms with van der Waals surface area (Å²) >= 11 is 0. The lowest BCUT2D eigenvalue weighted by atomic mass is 10.1. The first-order chi connectivity index (χ1) is 17.1. The SMILES string of the molecule is Cc1oc(-c2ccccc2)nc1COc1cccc(CO/N=C(\CCC(=O)O)c2ccccc2)c1. The minimum Gasteiger partial charge on any atom is -0.487 e. The molecular weight excluding hydrogens is 444 g/mol. The molecule has 178 valence electrons. The first-order valence-electron chi connectivity index (χ1n) is 11.3. The van der Waals surface area contributed by atoms with Crippen LogP contribution in [0.2, 0.25) is 0 Å². The molecule has 0 radical (unpaired) electrons. The summed E-state index contributed by atoms with van der Waals surface area (Å²) in [6, 6.07) is 26.7. The molecule has 3 aromatic carbocycles. The molecule has 0 bridgehead atoms. The van der Waals surface area contributed by atoms with Crippen molar-refractivity contribution in [3.05, 3.63) is 108 Å². The zero-order chi connectivity index (χ0) is 24.5. The highest BCUT2D eigenvalue weighted by molar-refractivity contribution is 6.01. The van der Waals surface area contributed by atoms with Crippen LogP contribution in [0.5, 0.6) is 5.75 Å². The van der Waals surface area contributed by atoms with Crippen LogP contribution in [-0.4, -0.2) is 21.8 Å². The molecule has 0 spiro atoms. The van der Waals surface area contributed by atoms with Crippen LogP contribution in [0, 0.1) is 6.92 Å². The van der Waals surface area contributed by atoms with E-state index in [1.54, 1.807) is 0 Å². The van der Waals surface area contributed by atoms with E-state index in [9.17, 15) is 4.79 Å². The Morgan fingerprint density at radius 3 is 2.43 bits per heavy atom. The van der Waals surface area contributed by atoms with Gasteiger partial charge < -0.3 is 19.1 Å². The van der Waals surface area contributed by atoms with Crippen molar-refractivity contribution in [1.29, 1.82) is 0 Å². The van der Waals surface area contributed by atoms with Crippen LogP contribution in [0.15, 0.2) is 94.5 Å². The average molecular weight is 471 g/mol. The number of oxime groups is 1. The largest absolute Gasteiger partial charge is 0.487 e. The average Bonchev–Trinajstić information content (AvgIpc) is 3.26. The number of aryl methyl sites for hydroxylation is 1. The standard InChI is InChI=1S/C28H26N2O5/c1-20-26(29-28(35-20)23-12-6-3-7-13-23)19-33-24-14-8-9-21(17-24)18-34-30-25(15-16-27(31)32)22-10-4-2-5-11-22/h2-14,17H,15-16,18-19H2,1H3,(H,31,32)/b30-25+. The smallest absolute Gasteiger partial charge is 0.303 e. The molecule has 0 aliphatic heterocycles. The number of ether oxygens (including phenoxy) is 1. The van der Waals surface area contributed by atoms with E-state index in [4.69, 9.17) is 19.1 Å². The Morgan fingerprint density at radius 1 is 0.943 bits per heavy atom. The zero-order valence-electron chi connectivity index (χ0n) is 19.4. The van der Waals surface area contributed by atoms with E-state index in [0.717, 1.165) is 22.4 Å². The van der Waals surface area contributed by atoms with Crippen LogP contribution in [0.25, 0.3) is 11.5 Å². The molecule has 1 heterocycles. The van der Waals surface area contributed by atoms with Crippen LogP contribution < -0.4 is 4.74 Å². The number of oxazole rings is 1. The van der Waals surface area contributed by atoms with Crippen LogP contribution in [-0.2, 0) is 22.8 Å². The van der Waals surface area contributed by atoms with Gasteiger partial charge in [0.05, 0.1) is 12.1 Å². The second-order valence-corrected chi connectivity index (χ2v) is 7.90. The molecule has 7 nitrogen and oxygen atoms in total. The van der Waals surface area contributed by atoms with Gasteiger partial charge in [-0.05, 0) is 42.3 Å². The van der Waals surface area contributed by atoms with Crippen molar-refractivity contribution in [2.24, 2.45) is 5.16 Å². The monoisotopic (exact) mass is 470 g/mol. The minimum atomic E-state index is -0.878. The number of hydrogen-bond donors (Lipinski definition) is 1. The highest BCUT2D eigenvalue weighted by Crippen LogP contribution is 2.23. The highest BCUT2D eigenvalue weighted by atomic mass is 16.6. The Morgan fingerprint density at radius 2 is 1.69 bits per heavy atom. The summed E-state index contributed by atoms with van der Waals surface area (Å²) in [5.41, 5.74) is 3.96.